The Morgan fingerprint density at radius 1 is 1.28 bits per heavy atom. The molecule has 7 heteroatoms. The molecule has 1 aliphatic carbocycles. The molecule has 0 spiro atoms. The lowest BCUT2D eigenvalue weighted by Gasteiger charge is -2.27. The SMILES string of the molecule is CC(=O)Nc1cc(NC2CCCc3ccccc32)c(F)cc1[N+](=O)[O-]. The van der Waals surface area contributed by atoms with Gasteiger partial charge in [-0.2, -0.15) is 0 Å². The zero-order valence-corrected chi connectivity index (χ0v) is 13.7. The van der Waals surface area contributed by atoms with Gasteiger partial charge < -0.3 is 10.6 Å². The van der Waals surface area contributed by atoms with E-state index >= 15 is 0 Å². The maximum Gasteiger partial charge on any atom is 0.295 e. The molecule has 0 saturated carbocycles. The third-order valence-electron chi connectivity index (χ3n) is 4.29. The first-order valence-electron chi connectivity index (χ1n) is 8.05. The molecule has 0 bridgehead atoms. The van der Waals surface area contributed by atoms with E-state index in [0.29, 0.717) is 0 Å². The first kappa shape index (κ1) is 16.9. The Balaban J connectivity index is 1.95. The van der Waals surface area contributed by atoms with Crippen LogP contribution in [0.2, 0.25) is 0 Å². The summed E-state index contributed by atoms with van der Waals surface area (Å²) in [6.07, 6.45) is 2.79. The van der Waals surface area contributed by atoms with Crippen LogP contribution in [0.25, 0.3) is 0 Å². The maximum absolute atomic E-state index is 14.4. The number of carbonyl (C=O) groups is 1. The van der Waals surface area contributed by atoms with Crippen molar-refractivity contribution in [2.24, 2.45) is 0 Å². The van der Waals surface area contributed by atoms with Crippen LogP contribution in [0.1, 0.15) is 36.9 Å². The molecule has 0 aromatic heterocycles. The van der Waals surface area contributed by atoms with Gasteiger partial charge in [-0.05, 0) is 36.5 Å². The van der Waals surface area contributed by atoms with Crippen molar-refractivity contribution in [1.82, 2.24) is 0 Å². The van der Waals surface area contributed by atoms with Crippen molar-refractivity contribution >= 4 is 23.0 Å². The van der Waals surface area contributed by atoms with Crippen LogP contribution < -0.4 is 10.6 Å². The van der Waals surface area contributed by atoms with Crippen LogP contribution in [0, 0.1) is 15.9 Å². The number of aryl methyl sites for hydroxylation is 1. The fraction of sp³-hybridized carbons (Fsp3) is 0.278. The van der Waals surface area contributed by atoms with Gasteiger partial charge in [0.2, 0.25) is 5.91 Å². The molecule has 2 aromatic carbocycles. The Morgan fingerprint density at radius 2 is 2.04 bits per heavy atom. The van der Waals surface area contributed by atoms with Crippen molar-refractivity contribution in [1.29, 1.82) is 0 Å². The second-order valence-electron chi connectivity index (χ2n) is 6.08. The number of nitro benzene ring substituents is 1. The third kappa shape index (κ3) is 3.60. The zero-order valence-electron chi connectivity index (χ0n) is 13.7. The van der Waals surface area contributed by atoms with Crippen LogP contribution in [0.15, 0.2) is 36.4 Å². The minimum atomic E-state index is -0.719. The number of carbonyl (C=O) groups excluding carboxylic acids is 1. The number of anilines is 2. The van der Waals surface area contributed by atoms with Crippen molar-refractivity contribution in [3.05, 3.63) is 63.5 Å². The molecule has 1 unspecified atom stereocenters. The van der Waals surface area contributed by atoms with Crippen molar-refractivity contribution in [2.45, 2.75) is 32.2 Å². The highest BCUT2D eigenvalue weighted by molar-refractivity contribution is 5.92. The van der Waals surface area contributed by atoms with Gasteiger partial charge in [-0.3, -0.25) is 14.9 Å². The highest BCUT2D eigenvalue weighted by atomic mass is 19.1. The number of rotatable bonds is 4. The predicted molar refractivity (Wildman–Crippen MR) is 93.1 cm³/mol. The number of fused-ring (bicyclic) bond motifs is 1. The van der Waals surface area contributed by atoms with Gasteiger partial charge in [-0.1, -0.05) is 24.3 Å². The Bertz CT molecular complexity index is 838. The molecule has 1 atom stereocenters. The molecule has 1 amide bonds. The van der Waals surface area contributed by atoms with E-state index in [4.69, 9.17) is 0 Å². The van der Waals surface area contributed by atoms with Gasteiger partial charge in [-0.15, -0.1) is 0 Å². The summed E-state index contributed by atoms with van der Waals surface area (Å²) in [5.41, 5.74) is 1.96. The smallest absolute Gasteiger partial charge is 0.295 e. The Kier molecular flexibility index (Phi) is 4.65. The number of amides is 1. The third-order valence-corrected chi connectivity index (χ3v) is 4.29. The van der Waals surface area contributed by atoms with Gasteiger partial charge in [0.05, 0.1) is 22.7 Å². The van der Waals surface area contributed by atoms with Gasteiger partial charge in [0.25, 0.3) is 5.69 Å². The summed E-state index contributed by atoms with van der Waals surface area (Å²) < 4.78 is 14.4. The van der Waals surface area contributed by atoms with Crippen LogP contribution in [0.5, 0.6) is 0 Å². The van der Waals surface area contributed by atoms with Crippen molar-refractivity contribution < 1.29 is 14.1 Å². The first-order chi connectivity index (χ1) is 12.0. The van der Waals surface area contributed by atoms with E-state index < -0.39 is 22.3 Å². The summed E-state index contributed by atoms with van der Waals surface area (Å²) in [6, 6.07) is 10.0. The standard InChI is InChI=1S/C18H18FN3O3/c1-11(23)20-17-10-16(14(19)9-18(17)22(24)25)21-15-8-4-6-12-5-2-3-7-13(12)15/h2-3,5,7,9-10,15,21H,4,6,8H2,1H3,(H,20,23). The quantitative estimate of drug-likeness (QED) is 0.644. The molecule has 130 valence electrons. The largest absolute Gasteiger partial charge is 0.376 e. The number of nitrogens with one attached hydrogen (secondary N) is 2. The number of halogens is 1. The molecule has 2 aromatic rings. The number of hydrogen-bond donors (Lipinski definition) is 2. The molecule has 1 aliphatic rings. The van der Waals surface area contributed by atoms with Crippen LogP contribution in [0.3, 0.4) is 0 Å². The second-order valence-corrected chi connectivity index (χ2v) is 6.08. The molecule has 0 radical (unpaired) electrons. The van der Waals surface area contributed by atoms with E-state index in [9.17, 15) is 19.3 Å². The monoisotopic (exact) mass is 343 g/mol. The highest BCUT2D eigenvalue weighted by Gasteiger charge is 2.24. The maximum atomic E-state index is 14.4. The van der Waals surface area contributed by atoms with E-state index in [1.165, 1.54) is 18.6 Å². The van der Waals surface area contributed by atoms with Crippen molar-refractivity contribution in [2.75, 3.05) is 10.6 Å². The lowest BCUT2D eigenvalue weighted by Crippen LogP contribution is -2.18. The lowest BCUT2D eigenvalue weighted by atomic mass is 9.87. The summed E-state index contributed by atoms with van der Waals surface area (Å²) in [4.78, 5) is 21.7. The minimum Gasteiger partial charge on any atom is -0.376 e. The van der Waals surface area contributed by atoms with Crippen LogP contribution in [-0.4, -0.2) is 10.8 Å². The minimum absolute atomic E-state index is 0.0227. The Hall–Kier alpha value is -2.96. The van der Waals surface area contributed by atoms with E-state index in [2.05, 4.69) is 16.7 Å². The van der Waals surface area contributed by atoms with Gasteiger partial charge in [-0.25, -0.2) is 4.39 Å². The molecule has 25 heavy (non-hydrogen) atoms. The lowest BCUT2D eigenvalue weighted by molar-refractivity contribution is -0.384. The van der Waals surface area contributed by atoms with Crippen molar-refractivity contribution in [3.63, 3.8) is 0 Å². The molecule has 0 heterocycles. The van der Waals surface area contributed by atoms with E-state index in [1.54, 1.807) is 0 Å². The van der Waals surface area contributed by atoms with Crippen LogP contribution >= 0.6 is 0 Å². The van der Waals surface area contributed by atoms with E-state index in [-0.39, 0.29) is 17.4 Å². The average Bonchev–Trinajstić information content (AvgIpc) is 2.57. The number of nitro groups is 1. The fourth-order valence-corrected chi connectivity index (χ4v) is 3.21. The molecule has 0 saturated heterocycles. The fourth-order valence-electron chi connectivity index (χ4n) is 3.21. The Morgan fingerprint density at radius 3 is 2.76 bits per heavy atom. The summed E-state index contributed by atoms with van der Waals surface area (Å²) in [5, 5.41) is 16.6. The molecule has 6 nitrogen and oxygen atoms in total. The van der Waals surface area contributed by atoms with Gasteiger partial charge in [0, 0.05) is 6.92 Å². The van der Waals surface area contributed by atoms with Crippen LogP contribution in [-0.2, 0) is 11.2 Å². The number of hydrogen-bond acceptors (Lipinski definition) is 4. The predicted octanol–water partition coefficient (Wildman–Crippen LogP) is 4.18. The number of nitrogens with zero attached hydrogens (tertiary/aromatic N) is 1. The summed E-state index contributed by atoms with van der Waals surface area (Å²) >= 11 is 0. The number of benzene rings is 2. The molecular weight excluding hydrogens is 325 g/mol. The van der Waals surface area contributed by atoms with Gasteiger partial charge >= 0.3 is 0 Å². The first-order valence-corrected chi connectivity index (χ1v) is 8.05. The van der Waals surface area contributed by atoms with E-state index in [1.807, 2.05) is 18.2 Å². The average molecular weight is 343 g/mol. The summed E-state index contributed by atoms with van der Waals surface area (Å²) in [5.74, 6) is -1.17. The molecule has 0 fully saturated rings. The van der Waals surface area contributed by atoms with Gasteiger partial charge in [0.1, 0.15) is 5.69 Å². The molecule has 3 rings (SSSR count). The Labute approximate surface area is 144 Å². The summed E-state index contributed by atoms with van der Waals surface area (Å²) in [6.45, 7) is 1.25. The zero-order chi connectivity index (χ0) is 18.0. The van der Waals surface area contributed by atoms with E-state index in [0.717, 1.165) is 30.9 Å². The second kappa shape index (κ2) is 6.88. The topological polar surface area (TPSA) is 84.3 Å². The molecule has 2 N–H and O–H groups in total. The molecule has 0 aliphatic heterocycles. The van der Waals surface area contributed by atoms with Crippen LogP contribution in [0.4, 0.5) is 21.5 Å². The van der Waals surface area contributed by atoms with Crippen molar-refractivity contribution in [3.8, 4) is 0 Å². The summed E-state index contributed by atoms with van der Waals surface area (Å²) in [7, 11) is 0. The molecular formula is C18H18FN3O3. The highest BCUT2D eigenvalue weighted by Crippen LogP contribution is 2.36. The van der Waals surface area contributed by atoms with Gasteiger partial charge in [0.15, 0.2) is 5.82 Å². The normalized spacial score (nSPS) is 16.0.